The Balaban J connectivity index is 2.15. The van der Waals surface area contributed by atoms with Gasteiger partial charge in [0.25, 0.3) is 5.69 Å². The highest BCUT2D eigenvalue weighted by atomic mass is 16.6. The predicted molar refractivity (Wildman–Crippen MR) is 86.4 cm³/mol. The summed E-state index contributed by atoms with van der Waals surface area (Å²) < 4.78 is 0. The lowest BCUT2D eigenvalue weighted by atomic mass is 10.2. The lowest BCUT2D eigenvalue weighted by Gasteiger charge is -2.21. The van der Waals surface area contributed by atoms with Crippen molar-refractivity contribution in [1.82, 2.24) is 0 Å². The Bertz CT molecular complexity index is 607. The smallest absolute Gasteiger partial charge is 0.269 e. The molecule has 0 atom stereocenters. The molecule has 0 radical (unpaired) electrons. The predicted octanol–water partition coefficient (Wildman–Crippen LogP) is 4.18. The quantitative estimate of drug-likeness (QED) is 0.639. The molecule has 5 heteroatoms. The van der Waals surface area contributed by atoms with Gasteiger partial charge in [-0.2, -0.15) is 0 Å². The normalized spacial score (nSPS) is 10.2. The third-order valence-corrected chi connectivity index (χ3v) is 3.34. The largest absolute Gasteiger partial charge is 0.372 e. The third kappa shape index (κ3) is 3.72. The van der Waals surface area contributed by atoms with Gasteiger partial charge in [0.2, 0.25) is 0 Å². The number of nitrogens with zero attached hydrogens (tertiary/aromatic N) is 2. The Hall–Kier alpha value is -2.56. The standard InChI is InChI=1S/C16H19N3O2/c1-3-18(4-2)16-7-5-6-14(12-16)17-13-8-10-15(11-9-13)19(20)21/h5-12,17H,3-4H2,1-2H3. The molecule has 0 saturated carbocycles. The molecule has 0 aliphatic carbocycles. The summed E-state index contributed by atoms with van der Waals surface area (Å²) >= 11 is 0. The van der Waals surface area contributed by atoms with E-state index in [1.807, 2.05) is 12.1 Å². The van der Waals surface area contributed by atoms with Crippen LogP contribution < -0.4 is 10.2 Å². The topological polar surface area (TPSA) is 58.4 Å². The van der Waals surface area contributed by atoms with Gasteiger partial charge in [-0.15, -0.1) is 0 Å². The third-order valence-electron chi connectivity index (χ3n) is 3.34. The van der Waals surface area contributed by atoms with Crippen molar-refractivity contribution in [3.63, 3.8) is 0 Å². The Labute approximate surface area is 124 Å². The number of anilines is 3. The van der Waals surface area contributed by atoms with Gasteiger partial charge in [-0.1, -0.05) is 6.07 Å². The van der Waals surface area contributed by atoms with Crippen LogP contribution in [0.25, 0.3) is 0 Å². The van der Waals surface area contributed by atoms with Gasteiger partial charge in [-0.05, 0) is 44.2 Å². The molecule has 1 N–H and O–H groups in total. The highest BCUT2D eigenvalue weighted by Crippen LogP contribution is 2.24. The van der Waals surface area contributed by atoms with Gasteiger partial charge in [0.05, 0.1) is 4.92 Å². The van der Waals surface area contributed by atoms with Gasteiger partial charge < -0.3 is 10.2 Å². The van der Waals surface area contributed by atoms with Crippen molar-refractivity contribution in [2.45, 2.75) is 13.8 Å². The fraction of sp³-hybridized carbons (Fsp3) is 0.250. The van der Waals surface area contributed by atoms with Crippen molar-refractivity contribution in [3.8, 4) is 0 Å². The number of hydrogen-bond acceptors (Lipinski definition) is 4. The first-order valence-electron chi connectivity index (χ1n) is 7.00. The van der Waals surface area contributed by atoms with Gasteiger partial charge in [0.15, 0.2) is 0 Å². The molecule has 0 fully saturated rings. The zero-order valence-electron chi connectivity index (χ0n) is 12.2. The molecule has 0 amide bonds. The van der Waals surface area contributed by atoms with Gasteiger partial charge in [-0.3, -0.25) is 10.1 Å². The number of nitrogens with one attached hydrogen (secondary N) is 1. The van der Waals surface area contributed by atoms with Crippen molar-refractivity contribution in [3.05, 3.63) is 58.6 Å². The molecule has 2 aromatic rings. The van der Waals surface area contributed by atoms with E-state index in [4.69, 9.17) is 0 Å². The first-order valence-corrected chi connectivity index (χ1v) is 7.00. The molecule has 21 heavy (non-hydrogen) atoms. The van der Waals surface area contributed by atoms with Crippen molar-refractivity contribution >= 4 is 22.7 Å². The minimum atomic E-state index is -0.398. The summed E-state index contributed by atoms with van der Waals surface area (Å²) in [5.41, 5.74) is 3.05. The molecule has 5 nitrogen and oxygen atoms in total. The monoisotopic (exact) mass is 285 g/mol. The molecule has 2 rings (SSSR count). The van der Waals surface area contributed by atoms with E-state index in [0.29, 0.717) is 0 Å². The fourth-order valence-corrected chi connectivity index (χ4v) is 2.20. The second-order valence-corrected chi connectivity index (χ2v) is 4.65. The van der Waals surface area contributed by atoms with E-state index in [2.05, 4.69) is 36.2 Å². The van der Waals surface area contributed by atoms with Crippen LogP contribution in [-0.4, -0.2) is 18.0 Å². The molecular formula is C16H19N3O2. The highest BCUT2D eigenvalue weighted by Gasteiger charge is 2.05. The molecule has 0 aliphatic rings. The van der Waals surface area contributed by atoms with Crippen LogP contribution in [0.1, 0.15) is 13.8 Å². The van der Waals surface area contributed by atoms with E-state index in [9.17, 15) is 10.1 Å². The maximum atomic E-state index is 10.6. The first kappa shape index (κ1) is 14.8. The Kier molecular flexibility index (Phi) is 4.77. The Morgan fingerprint density at radius 2 is 1.71 bits per heavy atom. The maximum absolute atomic E-state index is 10.6. The zero-order valence-corrected chi connectivity index (χ0v) is 12.2. The van der Waals surface area contributed by atoms with Crippen LogP contribution in [0.3, 0.4) is 0 Å². The highest BCUT2D eigenvalue weighted by molar-refractivity contribution is 5.65. The van der Waals surface area contributed by atoms with E-state index in [-0.39, 0.29) is 5.69 Å². The number of non-ortho nitro benzene ring substituents is 1. The summed E-state index contributed by atoms with van der Waals surface area (Å²) in [6.07, 6.45) is 0. The molecule has 0 bridgehead atoms. The Morgan fingerprint density at radius 3 is 2.29 bits per heavy atom. The molecule has 0 saturated heterocycles. The summed E-state index contributed by atoms with van der Waals surface area (Å²) in [6.45, 7) is 6.16. The minimum absolute atomic E-state index is 0.0949. The molecule has 110 valence electrons. The van der Waals surface area contributed by atoms with Crippen molar-refractivity contribution < 1.29 is 4.92 Å². The lowest BCUT2D eigenvalue weighted by molar-refractivity contribution is -0.384. The van der Waals surface area contributed by atoms with Crippen LogP contribution >= 0.6 is 0 Å². The summed E-state index contributed by atoms with van der Waals surface area (Å²) in [5, 5.41) is 13.9. The summed E-state index contributed by atoms with van der Waals surface area (Å²) in [5.74, 6) is 0. The molecule has 0 unspecified atom stereocenters. The maximum Gasteiger partial charge on any atom is 0.269 e. The molecule has 0 aromatic heterocycles. The number of hydrogen-bond donors (Lipinski definition) is 1. The number of nitro groups is 1. The summed E-state index contributed by atoms with van der Waals surface area (Å²) in [7, 11) is 0. The summed E-state index contributed by atoms with van der Waals surface area (Å²) in [6, 6.07) is 14.6. The van der Waals surface area contributed by atoms with Crippen molar-refractivity contribution in [2.75, 3.05) is 23.3 Å². The van der Waals surface area contributed by atoms with Gasteiger partial charge in [0, 0.05) is 42.3 Å². The zero-order chi connectivity index (χ0) is 15.2. The van der Waals surface area contributed by atoms with Crippen molar-refractivity contribution in [2.24, 2.45) is 0 Å². The van der Waals surface area contributed by atoms with Crippen LogP contribution in [0, 0.1) is 10.1 Å². The lowest BCUT2D eigenvalue weighted by Crippen LogP contribution is -2.21. The van der Waals surface area contributed by atoms with Crippen LogP contribution in [0.5, 0.6) is 0 Å². The van der Waals surface area contributed by atoms with E-state index in [0.717, 1.165) is 30.2 Å². The molecule has 0 spiro atoms. The number of nitro benzene ring substituents is 1. The van der Waals surface area contributed by atoms with Crippen LogP contribution in [0.2, 0.25) is 0 Å². The molecule has 0 aliphatic heterocycles. The minimum Gasteiger partial charge on any atom is -0.372 e. The van der Waals surface area contributed by atoms with E-state index >= 15 is 0 Å². The second-order valence-electron chi connectivity index (χ2n) is 4.65. The molecule has 2 aromatic carbocycles. The average molecular weight is 285 g/mol. The van der Waals surface area contributed by atoms with E-state index in [1.54, 1.807) is 12.1 Å². The Morgan fingerprint density at radius 1 is 1.05 bits per heavy atom. The van der Waals surface area contributed by atoms with Crippen LogP contribution in [0.4, 0.5) is 22.7 Å². The van der Waals surface area contributed by atoms with E-state index in [1.165, 1.54) is 12.1 Å². The molecular weight excluding hydrogens is 266 g/mol. The first-order chi connectivity index (χ1) is 10.1. The van der Waals surface area contributed by atoms with E-state index < -0.39 is 4.92 Å². The fourth-order valence-electron chi connectivity index (χ4n) is 2.20. The van der Waals surface area contributed by atoms with Gasteiger partial charge >= 0.3 is 0 Å². The SMILES string of the molecule is CCN(CC)c1cccc(Nc2ccc([N+](=O)[O-])cc2)c1. The average Bonchev–Trinajstić information content (AvgIpc) is 2.49. The number of benzene rings is 2. The molecule has 0 heterocycles. The van der Waals surface area contributed by atoms with Crippen LogP contribution in [0.15, 0.2) is 48.5 Å². The summed E-state index contributed by atoms with van der Waals surface area (Å²) in [4.78, 5) is 12.5. The van der Waals surface area contributed by atoms with Gasteiger partial charge in [-0.25, -0.2) is 0 Å². The van der Waals surface area contributed by atoms with Crippen LogP contribution in [-0.2, 0) is 0 Å². The second kappa shape index (κ2) is 6.74. The van der Waals surface area contributed by atoms with Gasteiger partial charge in [0.1, 0.15) is 0 Å². The number of rotatable bonds is 6. The van der Waals surface area contributed by atoms with Crippen molar-refractivity contribution in [1.29, 1.82) is 0 Å².